The number of benzene rings is 1. The molecule has 0 aliphatic heterocycles. The largest absolute Gasteiger partial charge is 0.508 e. The standard InChI is InChI=1S/C9H12OS/c1-6-4-8(11-3)5-9(10)7(6)2/h4-5,10H,1-3H3. The van der Waals surface area contributed by atoms with E-state index in [0.717, 1.165) is 16.0 Å². The number of hydrogen-bond acceptors (Lipinski definition) is 2. The van der Waals surface area contributed by atoms with Gasteiger partial charge in [-0.2, -0.15) is 0 Å². The van der Waals surface area contributed by atoms with Crippen molar-refractivity contribution in [1.29, 1.82) is 0 Å². The number of thioether (sulfide) groups is 1. The maximum atomic E-state index is 9.40. The molecule has 0 aliphatic rings. The number of phenols is 1. The van der Waals surface area contributed by atoms with Crippen LogP contribution in [0.3, 0.4) is 0 Å². The number of rotatable bonds is 1. The molecule has 0 heterocycles. The minimum Gasteiger partial charge on any atom is -0.508 e. The van der Waals surface area contributed by atoms with Gasteiger partial charge in [0.15, 0.2) is 0 Å². The fourth-order valence-electron chi connectivity index (χ4n) is 0.926. The first-order valence-electron chi connectivity index (χ1n) is 3.49. The van der Waals surface area contributed by atoms with Crippen LogP contribution < -0.4 is 0 Å². The number of phenolic OH excluding ortho intramolecular Hbond substituents is 1. The summed E-state index contributed by atoms with van der Waals surface area (Å²) >= 11 is 1.65. The van der Waals surface area contributed by atoms with Gasteiger partial charge in [0.1, 0.15) is 5.75 Å². The van der Waals surface area contributed by atoms with E-state index in [-0.39, 0.29) is 0 Å². The van der Waals surface area contributed by atoms with E-state index < -0.39 is 0 Å². The van der Waals surface area contributed by atoms with Crippen LogP contribution in [-0.4, -0.2) is 11.4 Å². The van der Waals surface area contributed by atoms with Crippen molar-refractivity contribution in [2.24, 2.45) is 0 Å². The van der Waals surface area contributed by atoms with Gasteiger partial charge in [0, 0.05) is 4.90 Å². The Kier molecular flexibility index (Phi) is 2.45. The van der Waals surface area contributed by atoms with Gasteiger partial charge in [-0.25, -0.2) is 0 Å². The van der Waals surface area contributed by atoms with Gasteiger partial charge in [0.25, 0.3) is 0 Å². The normalized spacial score (nSPS) is 10.1. The minimum absolute atomic E-state index is 0.398. The molecule has 0 amide bonds. The molecular weight excluding hydrogens is 156 g/mol. The van der Waals surface area contributed by atoms with E-state index in [2.05, 4.69) is 6.07 Å². The highest BCUT2D eigenvalue weighted by molar-refractivity contribution is 7.98. The summed E-state index contributed by atoms with van der Waals surface area (Å²) in [4.78, 5) is 1.12. The van der Waals surface area contributed by atoms with Crippen molar-refractivity contribution in [3.05, 3.63) is 23.3 Å². The van der Waals surface area contributed by atoms with Crippen LogP contribution in [0.15, 0.2) is 17.0 Å². The second-order valence-electron chi connectivity index (χ2n) is 2.59. The SMILES string of the molecule is CSc1cc(C)c(C)c(O)c1. The highest BCUT2D eigenvalue weighted by Gasteiger charge is 2.00. The van der Waals surface area contributed by atoms with Gasteiger partial charge in [0.2, 0.25) is 0 Å². The zero-order valence-electron chi connectivity index (χ0n) is 7.01. The Balaban J connectivity index is 3.21. The Hall–Kier alpha value is -0.630. The monoisotopic (exact) mass is 168 g/mol. The minimum atomic E-state index is 0.398. The molecule has 0 atom stereocenters. The Bertz CT molecular complexity index is 245. The summed E-state index contributed by atoms with van der Waals surface area (Å²) in [6.07, 6.45) is 2.00. The van der Waals surface area contributed by atoms with Gasteiger partial charge in [-0.3, -0.25) is 0 Å². The molecule has 0 fully saturated rings. The zero-order valence-corrected chi connectivity index (χ0v) is 7.83. The third kappa shape index (κ3) is 1.69. The van der Waals surface area contributed by atoms with Crippen molar-refractivity contribution in [3.63, 3.8) is 0 Å². The lowest BCUT2D eigenvalue weighted by Gasteiger charge is -2.04. The number of aryl methyl sites for hydroxylation is 1. The van der Waals surface area contributed by atoms with Crippen LogP contribution in [0.5, 0.6) is 5.75 Å². The van der Waals surface area contributed by atoms with E-state index in [9.17, 15) is 5.11 Å². The van der Waals surface area contributed by atoms with Gasteiger partial charge >= 0.3 is 0 Å². The van der Waals surface area contributed by atoms with Gasteiger partial charge in [-0.15, -0.1) is 11.8 Å². The maximum absolute atomic E-state index is 9.40. The van der Waals surface area contributed by atoms with Gasteiger partial charge < -0.3 is 5.11 Å². The summed E-state index contributed by atoms with van der Waals surface area (Å²) in [6, 6.07) is 3.88. The van der Waals surface area contributed by atoms with E-state index in [1.807, 2.05) is 20.1 Å². The third-order valence-corrected chi connectivity index (χ3v) is 2.56. The molecule has 2 heteroatoms. The van der Waals surface area contributed by atoms with Gasteiger partial charge in [-0.1, -0.05) is 0 Å². The first-order chi connectivity index (χ1) is 5.15. The molecule has 1 nitrogen and oxygen atoms in total. The topological polar surface area (TPSA) is 20.2 Å². The molecule has 0 unspecified atom stereocenters. The van der Waals surface area contributed by atoms with E-state index in [4.69, 9.17) is 0 Å². The molecule has 60 valence electrons. The lowest BCUT2D eigenvalue weighted by molar-refractivity contribution is 0.469. The second-order valence-corrected chi connectivity index (χ2v) is 3.47. The molecule has 1 aromatic rings. The lowest BCUT2D eigenvalue weighted by atomic mass is 10.1. The van der Waals surface area contributed by atoms with Gasteiger partial charge in [0.05, 0.1) is 0 Å². The molecule has 1 rings (SSSR count). The summed E-state index contributed by atoms with van der Waals surface area (Å²) in [6.45, 7) is 3.93. The predicted octanol–water partition coefficient (Wildman–Crippen LogP) is 2.73. The number of aromatic hydroxyl groups is 1. The van der Waals surface area contributed by atoms with Gasteiger partial charge in [-0.05, 0) is 43.4 Å². The molecular formula is C9H12OS. The molecule has 0 spiro atoms. The van der Waals surface area contributed by atoms with Crippen LogP contribution >= 0.6 is 11.8 Å². The average molecular weight is 168 g/mol. The molecule has 11 heavy (non-hydrogen) atoms. The van der Waals surface area contributed by atoms with Crippen molar-refractivity contribution in [2.75, 3.05) is 6.26 Å². The summed E-state index contributed by atoms with van der Waals surface area (Å²) < 4.78 is 0. The van der Waals surface area contributed by atoms with E-state index in [0.29, 0.717) is 5.75 Å². The quantitative estimate of drug-likeness (QED) is 0.651. The lowest BCUT2D eigenvalue weighted by Crippen LogP contribution is -1.82. The Morgan fingerprint density at radius 3 is 2.36 bits per heavy atom. The van der Waals surface area contributed by atoms with Crippen molar-refractivity contribution < 1.29 is 5.11 Å². The fraction of sp³-hybridized carbons (Fsp3) is 0.333. The van der Waals surface area contributed by atoms with E-state index >= 15 is 0 Å². The Morgan fingerprint density at radius 1 is 1.27 bits per heavy atom. The molecule has 1 aromatic carbocycles. The summed E-state index contributed by atoms with van der Waals surface area (Å²) in [5.41, 5.74) is 2.12. The zero-order chi connectivity index (χ0) is 8.43. The van der Waals surface area contributed by atoms with Crippen LogP contribution in [0, 0.1) is 13.8 Å². The van der Waals surface area contributed by atoms with Crippen LogP contribution in [0.2, 0.25) is 0 Å². The van der Waals surface area contributed by atoms with Crippen LogP contribution in [0.25, 0.3) is 0 Å². The molecule has 1 N–H and O–H groups in total. The van der Waals surface area contributed by atoms with Crippen LogP contribution in [0.4, 0.5) is 0 Å². The predicted molar refractivity (Wildman–Crippen MR) is 49.4 cm³/mol. The number of hydrogen-bond donors (Lipinski definition) is 1. The first kappa shape index (κ1) is 8.47. The maximum Gasteiger partial charge on any atom is 0.119 e. The Morgan fingerprint density at radius 2 is 1.91 bits per heavy atom. The average Bonchev–Trinajstić information content (AvgIpc) is 1.99. The molecule has 0 saturated heterocycles. The van der Waals surface area contributed by atoms with Crippen molar-refractivity contribution >= 4 is 11.8 Å². The molecule has 0 aromatic heterocycles. The first-order valence-corrected chi connectivity index (χ1v) is 4.72. The second kappa shape index (κ2) is 3.18. The van der Waals surface area contributed by atoms with Crippen molar-refractivity contribution in [2.45, 2.75) is 18.7 Å². The highest BCUT2D eigenvalue weighted by atomic mass is 32.2. The third-order valence-electron chi connectivity index (χ3n) is 1.85. The highest BCUT2D eigenvalue weighted by Crippen LogP contribution is 2.26. The Labute approximate surface area is 71.4 Å². The van der Waals surface area contributed by atoms with Crippen molar-refractivity contribution in [3.8, 4) is 5.75 Å². The van der Waals surface area contributed by atoms with Crippen LogP contribution in [0.1, 0.15) is 11.1 Å². The summed E-state index contributed by atoms with van der Waals surface area (Å²) in [7, 11) is 0. The van der Waals surface area contributed by atoms with Crippen LogP contribution in [-0.2, 0) is 0 Å². The molecule has 0 aliphatic carbocycles. The van der Waals surface area contributed by atoms with E-state index in [1.165, 1.54) is 0 Å². The summed E-state index contributed by atoms with van der Waals surface area (Å²) in [5.74, 6) is 0.398. The van der Waals surface area contributed by atoms with E-state index in [1.54, 1.807) is 17.8 Å². The fourth-order valence-corrected chi connectivity index (χ4v) is 1.45. The van der Waals surface area contributed by atoms with Crippen molar-refractivity contribution in [1.82, 2.24) is 0 Å². The molecule has 0 radical (unpaired) electrons. The molecule has 0 saturated carbocycles. The molecule has 0 bridgehead atoms. The summed E-state index contributed by atoms with van der Waals surface area (Å²) in [5, 5.41) is 9.40. The smallest absolute Gasteiger partial charge is 0.119 e.